The Bertz CT molecular complexity index is 791. The largest absolute Gasteiger partial charge is 0.244 e. The van der Waals surface area contributed by atoms with Crippen LogP contribution in [0, 0.1) is 11.3 Å². The minimum atomic E-state index is 0. The molecule has 0 aliphatic heterocycles. The zero-order valence-corrected chi connectivity index (χ0v) is 12.1. The van der Waals surface area contributed by atoms with E-state index in [0.717, 1.165) is 5.56 Å². The van der Waals surface area contributed by atoms with Crippen LogP contribution >= 0.6 is 24.0 Å². The summed E-state index contributed by atoms with van der Waals surface area (Å²) in [4.78, 5) is 5.34. The second-order valence-corrected chi connectivity index (χ2v) is 4.32. The number of nitrogens with zero attached hydrogens (tertiary/aromatic N) is 6. The maximum atomic E-state index is 8.88. The van der Waals surface area contributed by atoms with Crippen molar-refractivity contribution in [2.75, 3.05) is 0 Å². The van der Waals surface area contributed by atoms with Crippen LogP contribution in [0.3, 0.4) is 0 Å². The summed E-state index contributed by atoms with van der Waals surface area (Å²) in [6.07, 6.45) is 1.58. The Morgan fingerprint density at radius 1 is 1.19 bits per heavy atom. The highest BCUT2D eigenvalue weighted by Gasteiger charge is 2.08. The molecular formula is C13H8Cl2N6. The van der Waals surface area contributed by atoms with Crippen molar-refractivity contribution in [3.05, 3.63) is 53.3 Å². The molecule has 0 unspecified atom stereocenters. The number of aromatic nitrogens is 5. The second kappa shape index (κ2) is 6.31. The summed E-state index contributed by atoms with van der Waals surface area (Å²) in [5, 5.41) is 21.5. The quantitative estimate of drug-likeness (QED) is 0.678. The van der Waals surface area contributed by atoms with Crippen molar-refractivity contribution in [1.29, 1.82) is 5.26 Å². The molecule has 0 radical (unpaired) electrons. The molecule has 0 atom stereocenters. The monoisotopic (exact) mass is 318 g/mol. The van der Waals surface area contributed by atoms with E-state index in [0.29, 0.717) is 22.2 Å². The Labute approximate surface area is 131 Å². The Morgan fingerprint density at radius 2 is 2.05 bits per heavy atom. The lowest BCUT2D eigenvalue weighted by atomic mass is 10.2. The molecule has 0 N–H and O–H groups in total. The van der Waals surface area contributed by atoms with Gasteiger partial charge in [-0.05, 0) is 35.5 Å². The number of benzene rings is 1. The van der Waals surface area contributed by atoms with E-state index >= 15 is 0 Å². The SMILES string of the molecule is Cl.N#Cc1cccc(-n2nnc(-c3ccc(Cl)nc3)n2)c1. The normalized spacial score (nSPS) is 9.71. The molecule has 2 aromatic heterocycles. The van der Waals surface area contributed by atoms with E-state index < -0.39 is 0 Å². The van der Waals surface area contributed by atoms with Gasteiger partial charge in [-0.25, -0.2) is 4.98 Å². The minimum Gasteiger partial charge on any atom is -0.244 e. The molecule has 104 valence electrons. The Hall–Kier alpha value is -2.49. The lowest BCUT2D eigenvalue weighted by Crippen LogP contribution is -1.99. The molecule has 3 rings (SSSR count). The molecular weight excluding hydrogens is 311 g/mol. The topological polar surface area (TPSA) is 80.3 Å². The molecule has 0 amide bonds. The third-order valence-corrected chi connectivity index (χ3v) is 2.83. The van der Waals surface area contributed by atoms with Gasteiger partial charge in [0.2, 0.25) is 5.82 Å². The predicted octanol–water partition coefficient (Wildman–Crippen LogP) is 2.67. The third-order valence-electron chi connectivity index (χ3n) is 2.61. The predicted molar refractivity (Wildman–Crippen MR) is 79.4 cm³/mol. The lowest BCUT2D eigenvalue weighted by Gasteiger charge is -1.97. The number of halogens is 2. The molecule has 0 spiro atoms. The zero-order valence-electron chi connectivity index (χ0n) is 10.5. The second-order valence-electron chi connectivity index (χ2n) is 3.93. The first-order chi connectivity index (χ1) is 9.76. The summed E-state index contributed by atoms with van der Waals surface area (Å²) >= 11 is 5.73. The Balaban J connectivity index is 0.00000161. The first kappa shape index (κ1) is 14.9. The summed E-state index contributed by atoms with van der Waals surface area (Å²) < 4.78 is 0. The van der Waals surface area contributed by atoms with E-state index in [1.54, 1.807) is 42.6 Å². The van der Waals surface area contributed by atoms with Crippen molar-refractivity contribution >= 4 is 24.0 Å². The minimum absolute atomic E-state index is 0. The van der Waals surface area contributed by atoms with Gasteiger partial charge >= 0.3 is 0 Å². The molecule has 21 heavy (non-hydrogen) atoms. The van der Waals surface area contributed by atoms with Gasteiger partial charge in [0.15, 0.2) is 0 Å². The number of nitriles is 1. The van der Waals surface area contributed by atoms with E-state index in [2.05, 4.69) is 26.5 Å². The van der Waals surface area contributed by atoms with Gasteiger partial charge in [0, 0.05) is 11.8 Å². The summed E-state index contributed by atoms with van der Waals surface area (Å²) in [7, 11) is 0. The van der Waals surface area contributed by atoms with Gasteiger partial charge in [-0.15, -0.1) is 27.4 Å². The van der Waals surface area contributed by atoms with Gasteiger partial charge in [-0.2, -0.15) is 5.26 Å². The van der Waals surface area contributed by atoms with E-state index in [1.807, 2.05) is 0 Å². The third kappa shape index (κ3) is 3.16. The van der Waals surface area contributed by atoms with E-state index in [4.69, 9.17) is 16.9 Å². The molecule has 0 bridgehead atoms. The molecule has 0 fully saturated rings. The lowest BCUT2D eigenvalue weighted by molar-refractivity contribution is 0.720. The smallest absolute Gasteiger partial charge is 0.206 e. The van der Waals surface area contributed by atoms with Crippen LogP contribution in [0.5, 0.6) is 0 Å². The van der Waals surface area contributed by atoms with Gasteiger partial charge in [0.1, 0.15) is 5.15 Å². The fourth-order valence-corrected chi connectivity index (χ4v) is 1.76. The van der Waals surface area contributed by atoms with Crippen molar-refractivity contribution in [2.45, 2.75) is 0 Å². The van der Waals surface area contributed by atoms with Gasteiger partial charge in [-0.3, -0.25) is 0 Å². The molecule has 0 aliphatic rings. The van der Waals surface area contributed by atoms with E-state index in [9.17, 15) is 0 Å². The van der Waals surface area contributed by atoms with Crippen LogP contribution in [0.1, 0.15) is 5.56 Å². The van der Waals surface area contributed by atoms with Gasteiger partial charge in [0.25, 0.3) is 0 Å². The molecule has 2 heterocycles. The summed E-state index contributed by atoms with van der Waals surface area (Å²) in [5.74, 6) is 0.441. The van der Waals surface area contributed by atoms with E-state index in [1.165, 1.54) is 4.80 Å². The highest BCUT2D eigenvalue weighted by atomic mass is 35.5. The van der Waals surface area contributed by atoms with Gasteiger partial charge < -0.3 is 0 Å². The van der Waals surface area contributed by atoms with Gasteiger partial charge in [0.05, 0.1) is 17.3 Å². The average molecular weight is 319 g/mol. The highest BCUT2D eigenvalue weighted by molar-refractivity contribution is 6.29. The molecule has 0 saturated carbocycles. The number of tetrazole rings is 1. The fourth-order valence-electron chi connectivity index (χ4n) is 1.65. The van der Waals surface area contributed by atoms with E-state index in [-0.39, 0.29) is 12.4 Å². The van der Waals surface area contributed by atoms with Crippen molar-refractivity contribution in [2.24, 2.45) is 0 Å². The number of hydrogen-bond acceptors (Lipinski definition) is 5. The Kier molecular flexibility index (Phi) is 4.48. The van der Waals surface area contributed by atoms with Crippen molar-refractivity contribution in [3.63, 3.8) is 0 Å². The van der Waals surface area contributed by atoms with Crippen molar-refractivity contribution < 1.29 is 0 Å². The molecule has 3 aromatic rings. The van der Waals surface area contributed by atoms with Crippen LogP contribution in [0.4, 0.5) is 0 Å². The first-order valence-electron chi connectivity index (χ1n) is 5.69. The van der Waals surface area contributed by atoms with Crippen LogP contribution in [-0.2, 0) is 0 Å². The van der Waals surface area contributed by atoms with Crippen molar-refractivity contribution in [1.82, 2.24) is 25.2 Å². The molecule has 1 aromatic carbocycles. The number of rotatable bonds is 2. The maximum Gasteiger partial charge on any atom is 0.206 e. The van der Waals surface area contributed by atoms with Crippen LogP contribution < -0.4 is 0 Å². The highest BCUT2D eigenvalue weighted by Crippen LogP contribution is 2.15. The maximum absolute atomic E-state index is 8.88. The van der Waals surface area contributed by atoms with Crippen LogP contribution in [-0.4, -0.2) is 25.2 Å². The number of hydrogen-bond donors (Lipinski definition) is 0. The zero-order chi connectivity index (χ0) is 13.9. The molecule has 8 heteroatoms. The summed E-state index contributed by atoms with van der Waals surface area (Å²) in [6.45, 7) is 0. The summed E-state index contributed by atoms with van der Waals surface area (Å²) in [5.41, 5.74) is 1.93. The fraction of sp³-hybridized carbons (Fsp3) is 0. The average Bonchev–Trinajstić information content (AvgIpc) is 2.98. The van der Waals surface area contributed by atoms with Crippen LogP contribution in [0.2, 0.25) is 5.15 Å². The Morgan fingerprint density at radius 3 is 2.76 bits per heavy atom. The standard InChI is InChI=1S/C13H7ClN6.ClH/c14-12-5-4-10(8-16-12)13-17-19-20(18-13)11-3-1-2-9(6-11)7-15;/h1-6,8H;1H. The first-order valence-corrected chi connectivity index (χ1v) is 6.06. The summed E-state index contributed by atoms with van der Waals surface area (Å²) in [6, 6.07) is 12.5. The number of pyridine rings is 1. The van der Waals surface area contributed by atoms with Gasteiger partial charge in [-0.1, -0.05) is 17.7 Å². The van der Waals surface area contributed by atoms with Crippen LogP contribution in [0.15, 0.2) is 42.6 Å². The molecule has 0 saturated heterocycles. The van der Waals surface area contributed by atoms with Crippen LogP contribution in [0.25, 0.3) is 17.1 Å². The molecule has 0 aliphatic carbocycles. The molecule has 6 nitrogen and oxygen atoms in total. The van der Waals surface area contributed by atoms with Crippen molar-refractivity contribution in [3.8, 4) is 23.1 Å².